The van der Waals surface area contributed by atoms with Crippen LogP contribution in [0.15, 0.2) is 23.0 Å². The van der Waals surface area contributed by atoms with E-state index in [9.17, 15) is 18.8 Å². The normalized spacial score (nSPS) is 11.8. The second-order valence-electron chi connectivity index (χ2n) is 6.83. The van der Waals surface area contributed by atoms with Crippen molar-refractivity contribution in [3.63, 3.8) is 0 Å². The molecule has 0 bridgehead atoms. The molecule has 0 fully saturated rings. The van der Waals surface area contributed by atoms with Crippen LogP contribution >= 0.6 is 23.2 Å². The minimum atomic E-state index is -1.95. The smallest absolute Gasteiger partial charge is 0.413 e. The Morgan fingerprint density at radius 2 is 1.94 bits per heavy atom. The summed E-state index contributed by atoms with van der Waals surface area (Å²) in [6.07, 6.45) is -0.993. The maximum absolute atomic E-state index is 14.2. The van der Waals surface area contributed by atoms with Crippen LogP contribution in [-0.4, -0.2) is 34.8 Å². The number of carbonyl (C=O) groups is 2. The Labute approximate surface area is 197 Å². The number of benzene rings is 1. The minimum absolute atomic E-state index is 0.00894. The number of hydrogen-bond donors (Lipinski definition) is 4. The summed E-state index contributed by atoms with van der Waals surface area (Å²) < 4.78 is 24.3. The molecule has 4 N–H and O–H groups in total. The summed E-state index contributed by atoms with van der Waals surface area (Å²) in [7, 11) is 0. The van der Waals surface area contributed by atoms with Crippen molar-refractivity contribution in [3.05, 3.63) is 44.2 Å². The summed E-state index contributed by atoms with van der Waals surface area (Å²) in [4.78, 5) is 35.0. The molecule has 0 aliphatic rings. The van der Waals surface area contributed by atoms with Gasteiger partial charge in [0.2, 0.25) is 5.88 Å². The number of hydrogen-bond acceptors (Lipinski definition) is 9. The molecule has 1 atom stereocenters. The highest BCUT2D eigenvalue weighted by atomic mass is 35.5. The van der Waals surface area contributed by atoms with Crippen molar-refractivity contribution in [2.24, 2.45) is 0 Å². The maximum atomic E-state index is 14.2. The molecule has 1 heterocycles. The van der Waals surface area contributed by atoms with Crippen LogP contribution in [0, 0.1) is 11.3 Å². The van der Waals surface area contributed by atoms with E-state index in [0.717, 1.165) is 6.07 Å². The number of alkyl halides is 1. The highest BCUT2D eigenvalue weighted by Crippen LogP contribution is 2.38. The molecule has 33 heavy (non-hydrogen) atoms. The maximum Gasteiger partial charge on any atom is 0.413 e. The van der Waals surface area contributed by atoms with Crippen molar-refractivity contribution >= 4 is 40.9 Å². The number of H-pyrrole nitrogens is 1. The first-order valence-electron chi connectivity index (χ1n) is 9.31. The SMILES string of the molecule is CCOC(=O)NC(=O)C(C#N)NNc1cc(Cl)c(Oc2cc(C(C)(C)F)c(=O)[nH]n2)c(Cl)c1. The Bertz CT molecular complexity index is 1120. The molecule has 0 aliphatic carbocycles. The lowest BCUT2D eigenvalue weighted by Crippen LogP contribution is -2.47. The van der Waals surface area contributed by atoms with Crippen molar-refractivity contribution < 1.29 is 23.5 Å². The number of carbonyl (C=O) groups excluding carboxylic acids is 2. The lowest BCUT2D eigenvalue weighted by Gasteiger charge is -2.16. The lowest BCUT2D eigenvalue weighted by molar-refractivity contribution is -0.121. The number of rotatable bonds is 8. The van der Waals surface area contributed by atoms with Gasteiger partial charge in [-0.15, -0.1) is 5.10 Å². The Balaban J connectivity index is 2.14. The van der Waals surface area contributed by atoms with Gasteiger partial charge in [-0.05, 0) is 32.9 Å². The summed E-state index contributed by atoms with van der Waals surface area (Å²) in [5.74, 6) is -1.14. The number of halogens is 3. The second kappa shape index (κ2) is 11.0. The van der Waals surface area contributed by atoms with Gasteiger partial charge in [0.05, 0.1) is 34.0 Å². The third kappa shape index (κ3) is 7.04. The van der Waals surface area contributed by atoms with Gasteiger partial charge in [-0.1, -0.05) is 23.2 Å². The number of aromatic amines is 1. The molecule has 0 saturated heterocycles. The first-order valence-corrected chi connectivity index (χ1v) is 10.1. The Morgan fingerprint density at radius 1 is 1.30 bits per heavy atom. The average molecular weight is 501 g/mol. The standard InChI is InChI=1S/C19H19Cl2FN6O5/c1-4-32-18(31)24-17(30)13(8-23)26-25-9-5-11(20)15(12(21)6-9)33-14-7-10(19(2,3)22)16(29)28-27-14/h5-7,13,25-26H,4H2,1-3H3,(H,28,29)(H,24,30,31). The van der Waals surface area contributed by atoms with E-state index < -0.39 is 29.3 Å². The molecular formula is C19H19Cl2FN6O5. The highest BCUT2D eigenvalue weighted by Gasteiger charge is 2.25. The Morgan fingerprint density at radius 3 is 2.48 bits per heavy atom. The van der Waals surface area contributed by atoms with Crippen LogP contribution in [-0.2, 0) is 15.2 Å². The first-order chi connectivity index (χ1) is 15.5. The highest BCUT2D eigenvalue weighted by molar-refractivity contribution is 6.37. The quantitative estimate of drug-likeness (QED) is 0.399. The summed E-state index contributed by atoms with van der Waals surface area (Å²) in [5, 5.41) is 16.8. The van der Waals surface area contributed by atoms with E-state index in [2.05, 4.69) is 25.8 Å². The minimum Gasteiger partial charge on any atom is -0.450 e. The molecule has 14 heteroatoms. The van der Waals surface area contributed by atoms with E-state index in [0.29, 0.717) is 0 Å². The summed E-state index contributed by atoms with van der Waals surface area (Å²) in [5.41, 5.74) is 2.35. The number of nitrogens with one attached hydrogen (secondary N) is 4. The zero-order valence-electron chi connectivity index (χ0n) is 17.6. The number of aromatic nitrogens is 2. The topological polar surface area (TPSA) is 158 Å². The molecule has 2 aromatic rings. The van der Waals surface area contributed by atoms with Crippen molar-refractivity contribution in [2.45, 2.75) is 32.5 Å². The van der Waals surface area contributed by atoms with Crippen molar-refractivity contribution in [3.8, 4) is 17.7 Å². The predicted molar refractivity (Wildman–Crippen MR) is 117 cm³/mol. The number of alkyl carbamates (subject to hydrolysis) is 1. The predicted octanol–water partition coefficient (Wildman–Crippen LogP) is 3.15. The van der Waals surface area contributed by atoms with Crippen LogP contribution in [0.4, 0.5) is 14.9 Å². The van der Waals surface area contributed by atoms with Crippen LogP contribution in [0.5, 0.6) is 11.6 Å². The van der Waals surface area contributed by atoms with E-state index in [4.69, 9.17) is 33.2 Å². The van der Waals surface area contributed by atoms with Gasteiger partial charge in [0, 0.05) is 6.07 Å². The Hall–Kier alpha value is -3.40. The number of ether oxygens (including phenoxy) is 2. The molecule has 11 nitrogen and oxygen atoms in total. The lowest BCUT2D eigenvalue weighted by atomic mass is 10.0. The summed E-state index contributed by atoms with van der Waals surface area (Å²) in [6.45, 7) is 4.02. The van der Waals surface area contributed by atoms with Crippen molar-refractivity contribution in [2.75, 3.05) is 12.0 Å². The monoisotopic (exact) mass is 500 g/mol. The number of hydrazine groups is 1. The van der Waals surface area contributed by atoms with Gasteiger partial charge in [-0.2, -0.15) is 5.26 Å². The second-order valence-corrected chi connectivity index (χ2v) is 7.65. The van der Waals surface area contributed by atoms with Gasteiger partial charge in [0.15, 0.2) is 11.8 Å². The molecule has 0 aliphatic heterocycles. The third-order valence-corrected chi connectivity index (χ3v) is 4.44. The molecular weight excluding hydrogens is 482 g/mol. The zero-order chi connectivity index (χ0) is 24.8. The fourth-order valence-corrected chi connectivity index (χ4v) is 2.93. The molecule has 0 spiro atoms. The molecule has 0 saturated carbocycles. The van der Waals surface area contributed by atoms with E-state index in [1.54, 1.807) is 13.0 Å². The van der Waals surface area contributed by atoms with Gasteiger partial charge < -0.3 is 14.9 Å². The number of amides is 2. The largest absolute Gasteiger partial charge is 0.450 e. The van der Waals surface area contributed by atoms with Crippen LogP contribution < -0.4 is 26.5 Å². The molecule has 2 rings (SSSR count). The van der Waals surface area contributed by atoms with Crippen molar-refractivity contribution in [1.82, 2.24) is 20.9 Å². The van der Waals surface area contributed by atoms with Crippen LogP contribution in [0.2, 0.25) is 10.0 Å². The Kier molecular flexibility index (Phi) is 8.58. The number of imide groups is 1. The van der Waals surface area contributed by atoms with Crippen LogP contribution in [0.25, 0.3) is 0 Å². The van der Waals surface area contributed by atoms with Crippen LogP contribution in [0.1, 0.15) is 26.3 Å². The summed E-state index contributed by atoms with van der Waals surface area (Å²) >= 11 is 12.4. The van der Waals surface area contributed by atoms with Crippen LogP contribution in [0.3, 0.4) is 0 Å². The van der Waals surface area contributed by atoms with Gasteiger partial charge >= 0.3 is 6.09 Å². The van der Waals surface area contributed by atoms with E-state index in [-0.39, 0.29) is 39.5 Å². The van der Waals surface area contributed by atoms with E-state index in [1.165, 1.54) is 26.0 Å². The first kappa shape index (κ1) is 25.9. The van der Waals surface area contributed by atoms with Gasteiger partial charge in [0.1, 0.15) is 5.67 Å². The number of nitrogens with zero attached hydrogens (tertiary/aromatic N) is 2. The number of nitriles is 1. The third-order valence-electron chi connectivity index (χ3n) is 3.88. The molecule has 176 valence electrons. The number of anilines is 1. The molecule has 2 amide bonds. The molecule has 1 aromatic heterocycles. The fraction of sp³-hybridized carbons (Fsp3) is 0.316. The fourth-order valence-electron chi connectivity index (χ4n) is 2.37. The van der Waals surface area contributed by atoms with Gasteiger partial charge in [0.25, 0.3) is 11.5 Å². The molecule has 1 unspecified atom stereocenters. The van der Waals surface area contributed by atoms with E-state index in [1.807, 2.05) is 5.32 Å². The van der Waals surface area contributed by atoms with Gasteiger partial charge in [-0.3, -0.25) is 14.9 Å². The van der Waals surface area contributed by atoms with Crippen molar-refractivity contribution in [1.29, 1.82) is 5.26 Å². The summed E-state index contributed by atoms with van der Waals surface area (Å²) in [6, 6.07) is 4.02. The molecule has 1 aromatic carbocycles. The van der Waals surface area contributed by atoms with E-state index >= 15 is 0 Å². The zero-order valence-corrected chi connectivity index (χ0v) is 19.1. The average Bonchev–Trinajstić information content (AvgIpc) is 2.71. The van der Waals surface area contributed by atoms with Gasteiger partial charge in [-0.25, -0.2) is 19.7 Å². The molecule has 0 radical (unpaired) electrons.